The van der Waals surface area contributed by atoms with E-state index in [1.807, 2.05) is 0 Å². The van der Waals surface area contributed by atoms with Crippen molar-refractivity contribution >= 4 is 15.9 Å². The molecule has 0 unspecified atom stereocenters. The van der Waals surface area contributed by atoms with E-state index in [-0.39, 0.29) is 18.9 Å². The number of hydrogen-bond donors (Lipinski definition) is 1. The Morgan fingerprint density at radius 3 is 2.52 bits per heavy atom. The predicted octanol–water partition coefficient (Wildman–Crippen LogP) is 1.04. The Kier molecular flexibility index (Phi) is 6.03. The van der Waals surface area contributed by atoms with Crippen LogP contribution in [0.25, 0.3) is 0 Å². The van der Waals surface area contributed by atoms with Gasteiger partial charge in [0.05, 0.1) is 0 Å². The number of sulfonamides is 1. The fourth-order valence-electron chi connectivity index (χ4n) is 1.46. The van der Waals surface area contributed by atoms with Gasteiger partial charge in [-0.15, -0.1) is 0 Å². The van der Waals surface area contributed by atoms with Gasteiger partial charge in [0, 0.05) is 27.1 Å². The van der Waals surface area contributed by atoms with Gasteiger partial charge in [0.2, 0.25) is 15.9 Å². The minimum absolute atomic E-state index is 0.0376. The van der Waals surface area contributed by atoms with Crippen molar-refractivity contribution < 1.29 is 26.7 Å². The summed E-state index contributed by atoms with van der Waals surface area (Å²) in [5.74, 6) is -0.700. The molecule has 118 valence electrons. The number of ether oxygens (including phenoxy) is 1. The lowest BCUT2D eigenvalue weighted by Gasteiger charge is -2.13. The van der Waals surface area contributed by atoms with E-state index in [1.165, 1.54) is 17.0 Å². The first kappa shape index (κ1) is 17.3. The molecule has 0 aromatic heterocycles. The Balaban J connectivity index is 2.81. The first-order valence-corrected chi connectivity index (χ1v) is 7.46. The normalized spacial score (nSPS) is 11.5. The number of rotatable bonds is 7. The highest BCUT2D eigenvalue weighted by molar-refractivity contribution is 7.89. The molecule has 6 nitrogen and oxygen atoms in total. The third-order valence-corrected chi connectivity index (χ3v) is 3.98. The highest BCUT2D eigenvalue weighted by Crippen LogP contribution is 2.24. The molecular formula is C12H16F2N2O4S. The monoisotopic (exact) mass is 322 g/mol. The lowest BCUT2D eigenvalue weighted by Crippen LogP contribution is -2.30. The van der Waals surface area contributed by atoms with E-state index >= 15 is 0 Å². The van der Waals surface area contributed by atoms with Crippen LogP contribution in [-0.2, 0) is 14.8 Å². The van der Waals surface area contributed by atoms with Crippen molar-refractivity contribution in [3.63, 3.8) is 0 Å². The van der Waals surface area contributed by atoms with Gasteiger partial charge in [0.15, 0.2) is 0 Å². The average molecular weight is 322 g/mol. The summed E-state index contributed by atoms with van der Waals surface area (Å²) in [6.07, 6.45) is -0.0376. The molecule has 1 N–H and O–H groups in total. The molecule has 0 fully saturated rings. The van der Waals surface area contributed by atoms with Crippen LogP contribution >= 0.6 is 0 Å². The molecule has 0 aliphatic carbocycles. The maximum absolute atomic E-state index is 12.2. The van der Waals surface area contributed by atoms with E-state index in [0.29, 0.717) is 0 Å². The Labute approximate surface area is 121 Å². The molecule has 1 aromatic rings. The third kappa shape index (κ3) is 5.27. The summed E-state index contributed by atoms with van der Waals surface area (Å²) < 4.78 is 54.9. The van der Waals surface area contributed by atoms with E-state index in [9.17, 15) is 22.0 Å². The maximum atomic E-state index is 12.2. The van der Waals surface area contributed by atoms with Gasteiger partial charge in [0.25, 0.3) is 0 Å². The zero-order valence-electron chi connectivity index (χ0n) is 11.5. The number of benzene rings is 1. The van der Waals surface area contributed by atoms with Crippen LogP contribution in [0.3, 0.4) is 0 Å². The highest BCUT2D eigenvalue weighted by atomic mass is 32.2. The minimum atomic E-state index is -4.04. The largest absolute Gasteiger partial charge is 0.433 e. The molecule has 0 saturated carbocycles. The van der Waals surface area contributed by atoms with Crippen molar-refractivity contribution in [2.24, 2.45) is 0 Å². The minimum Gasteiger partial charge on any atom is -0.433 e. The number of nitrogens with one attached hydrogen (secondary N) is 1. The van der Waals surface area contributed by atoms with Crippen molar-refractivity contribution in [2.75, 3.05) is 20.6 Å². The number of nitrogens with zero attached hydrogens (tertiary/aromatic N) is 1. The van der Waals surface area contributed by atoms with Gasteiger partial charge in [-0.2, -0.15) is 8.78 Å². The summed E-state index contributed by atoms with van der Waals surface area (Å²) in [5, 5.41) is 0. The third-order valence-electron chi connectivity index (χ3n) is 2.48. The molecule has 1 rings (SSSR count). The zero-order chi connectivity index (χ0) is 16.0. The van der Waals surface area contributed by atoms with Crippen LogP contribution in [0, 0.1) is 0 Å². The second-order valence-corrected chi connectivity index (χ2v) is 6.00. The average Bonchev–Trinajstić information content (AvgIpc) is 2.38. The van der Waals surface area contributed by atoms with E-state index in [1.54, 1.807) is 14.1 Å². The van der Waals surface area contributed by atoms with Crippen LogP contribution in [0.5, 0.6) is 5.75 Å². The molecule has 0 aliphatic heterocycles. The predicted molar refractivity (Wildman–Crippen MR) is 71.6 cm³/mol. The topological polar surface area (TPSA) is 75.7 Å². The van der Waals surface area contributed by atoms with E-state index in [2.05, 4.69) is 9.46 Å². The highest BCUT2D eigenvalue weighted by Gasteiger charge is 2.21. The summed E-state index contributed by atoms with van der Waals surface area (Å²) in [6.45, 7) is -3.26. The van der Waals surface area contributed by atoms with Crippen LogP contribution in [0.15, 0.2) is 29.2 Å². The number of carbonyl (C=O) groups excluding carboxylic acids is 1. The molecule has 0 atom stereocenters. The molecule has 0 bridgehead atoms. The van der Waals surface area contributed by atoms with Gasteiger partial charge >= 0.3 is 6.61 Å². The van der Waals surface area contributed by atoms with Gasteiger partial charge < -0.3 is 9.64 Å². The molecule has 21 heavy (non-hydrogen) atoms. The number of alkyl halides is 2. The van der Waals surface area contributed by atoms with Crippen molar-refractivity contribution in [3.05, 3.63) is 24.3 Å². The van der Waals surface area contributed by atoms with Crippen molar-refractivity contribution in [3.8, 4) is 5.75 Å². The number of amides is 1. The summed E-state index contributed by atoms with van der Waals surface area (Å²) in [4.78, 5) is 12.3. The van der Waals surface area contributed by atoms with Gasteiger partial charge in [-0.1, -0.05) is 12.1 Å². The summed E-state index contributed by atoms with van der Waals surface area (Å²) >= 11 is 0. The maximum Gasteiger partial charge on any atom is 0.387 e. The van der Waals surface area contributed by atoms with Crippen LogP contribution in [0.2, 0.25) is 0 Å². The zero-order valence-corrected chi connectivity index (χ0v) is 12.4. The van der Waals surface area contributed by atoms with Crippen molar-refractivity contribution in [1.82, 2.24) is 9.62 Å². The van der Waals surface area contributed by atoms with Gasteiger partial charge in [-0.3, -0.25) is 4.79 Å². The summed E-state index contributed by atoms with van der Waals surface area (Å²) in [6, 6.07) is 5.05. The second-order valence-electron chi connectivity index (χ2n) is 4.26. The fourth-order valence-corrected chi connectivity index (χ4v) is 2.62. The SMILES string of the molecule is CN(C)C(=O)CCNS(=O)(=O)c1ccccc1OC(F)F. The molecule has 0 saturated heterocycles. The second kappa shape index (κ2) is 7.32. The van der Waals surface area contributed by atoms with E-state index < -0.39 is 27.3 Å². The lowest BCUT2D eigenvalue weighted by atomic mass is 10.3. The smallest absolute Gasteiger partial charge is 0.387 e. The van der Waals surface area contributed by atoms with Gasteiger partial charge in [0.1, 0.15) is 10.6 Å². The molecule has 9 heteroatoms. The number of carbonyl (C=O) groups is 1. The molecule has 0 radical (unpaired) electrons. The quantitative estimate of drug-likeness (QED) is 0.814. The molecule has 1 aromatic carbocycles. The molecule has 1 amide bonds. The molecular weight excluding hydrogens is 306 g/mol. The first-order valence-electron chi connectivity index (χ1n) is 5.97. The molecule has 0 aliphatic rings. The first-order chi connectivity index (χ1) is 9.74. The van der Waals surface area contributed by atoms with Gasteiger partial charge in [-0.25, -0.2) is 13.1 Å². The van der Waals surface area contributed by atoms with Crippen LogP contribution in [0.1, 0.15) is 6.42 Å². The van der Waals surface area contributed by atoms with Crippen LogP contribution in [0.4, 0.5) is 8.78 Å². The fraction of sp³-hybridized carbons (Fsp3) is 0.417. The molecule has 0 heterocycles. The van der Waals surface area contributed by atoms with Crippen molar-refractivity contribution in [1.29, 1.82) is 0 Å². The van der Waals surface area contributed by atoms with E-state index in [0.717, 1.165) is 12.1 Å². The van der Waals surface area contributed by atoms with E-state index in [4.69, 9.17) is 0 Å². The summed E-state index contributed by atoms with van der Waals surface area (Å²) in [5.41, 5.74) is 0. The molecule has 0 spiro atoms. The Hall–Kier alpha value is -1.74. The summed E-state index contributed by atoms with van der Waals surface area (Å²) in [7, 11) is -0.948. The van der Waals surface area contributed by atoms with Crippen molar-refractivity contribution in [2.45, 2.75) is 17.9 Å². The van der Waals surface area contributed by atoms with Crippen LogP contribution < -0.4 is 9.46 Å². The number of halogens is 2. The standard InChI is InChI=1S/C12H16F2N2O4S/c1-16(2)11(17)7-8-15-21(18,19)10-6-4-3-5-9(10)20-12(13)14/h3-6,12,15H,7-8H2,1-2H3. The Bertz CT molecular complexity index is 591. The Morgan fingerprint density at radius 2 is 1.95 bits per heavy atom. The Morgan fingerprint density at radius 1 is 1.33 bits per heavy atom. The van der Waals surface area contributed by atoms with Gasteiger partial charge in [-0.05, 0) is 12.1 Å². The number of hydrogen-bond acceptors (Lipinski definition) is 4. The number of para-hydroxylation sites is 1. The lowest BCUT2D eigenvalue weighted by molar-refractivity contribution is -0.128. The van der Waals surface area contributed by atoms with Crippen LogP contribution in [-0.4, -0.2) is 46.5 Å².